The van der Waals surface area contributed by atoms with Crippen molar-refractivity contribution >= 4 is 6.09 Å². The minimum atomic E-state index is -0.997. The maximum atomic E-state index is 11.0. The molecule has 1 amide bonds. The van der Waals surface area contributed by atoms with E-state index in [1.165, 1.54) is 6.92 Å². The van der Waals surface area contributed by atoms with E-state index in [2.05, 4.69) is 4.74 Å². The Balaban J connectivity index is 2.28. The van der Waals surface area contributed by atoms with Crippen molar-refractivity contribution in [1.82, 2.24) is 4.90 Å². The monoisotopic (exact) mass is 159 g/mol. The van der Waals surface area contributed by atoms with E-state index in [1.54, 1.807) is 4.90 Å². The first kappa shape index (κ1) is 8.33. The summed E-state index contributed by atoms with van der Waals surface area (Å²) in [4.78, 5) is 12.6. The van der Waals surface area contributed by atoms with Crippen molar-refractivity contribution in [2.24, 2.45) is 0 Å². The average Bonchev–Trinajstić information content (AvgIpc) is 2.35. The molecule has 64 valence electrons. The lowest BCUT2D eigenvalue weighted by Gasteiger charge is -2.15. The van der Waals surface area contributed by atoms with Gasteiger partial charge in [-0.05, 0) is 19.8 Å². The first-order valence-corrected chi connectivity index (χ1v) is 3.84. The fourth-order valence-electron chi connectivity index (χ4n) is 1.12. The van der Waals surface area contributed by atoms with Crippen LogP contribution in [0.4, 0.5) is 4.79 Å². The van der Waals surface area contributed by atoms with Crippen molar-refractivity contribution < 1.29 is 14.6 Å². The Morgan fingerprint density at radius 2 is 2.09 bits per heavy atom. The second-order valence-corrected chi connectivity index (χ2v) is 2.68. The largest absolute Gasteiger partial charge is 0.420 e. The normalized spacial score (nSPS) is 20.0. The van der Waals surface area contributed by atoms with Crippen LogP contribution in [0.3, 0.4) is 0 Å². The van der Waals surface area contributed by atoms with Crippen LogP contribution in [0.2, 0.25) is 0 Å². The molecule has 0 aromatic rings. The first-order chi connectivity index (χ1) is 5.20. The number of aliphatic hydroxyl groups excluding tert-OH is 1. The lowest BCUT2D eigenvalue weighted by Crippen LogP contribution is -2.30. The molecule has 1 heterocycles. The van der Waals surface area contributed by atoms with Gasteiger partial charge in [-0.25, -0.2) is 4.79 Å². The van der Waals surface area contributed by atoms with Crippen LogP contribution in [-0.2, 0) is 4.74 Å². The third kappa shape index (κ3) is 2.38. The SMILES string of the molecule is C[C@@H](O)OC(=O)N1CCCC1. The summed E-state index contributed by atoms with van der Waals surface area (Å²) in [6.07, 6.45) is 0.671. The molecular formula is C7H13NO3. The van der Waals surface area contributed by atoms with E-state index in [0.717, 1.165) is 25.9 Å². The van der Waals surface area contributed by atoms with E-state index in [-0.39, 0.29) is 0 Å². The highest BCUT2D eigenvalue weighted by molar-refractivity contribution is 5.67. The molecule has 0 aliphatic carbocycles. The number of aliphatic hydroxyl groups is 1. The van der Waals surface area contributed by atoms with Crippen LogP contribution >= 0.6 is 0 Å². The highest BCUT2D eigenvalue weighted by Gasteiger charge is 2.19. The molecule has 0 unspecified atom stereocenters. The minimum absolute atomic E-state index is 0.405. The highest BCUT2D eigenvalue weighted by Crippen LogP contribution is 2.09. The maximum absolute atomic E-state index is 11.0. The van der Waals surface area contributed by atoms with E-state index in [9.17, 15) is 4.79 Å². The molecule has 1 rings (SSSR count). The summed E-state index contributed by atoms with van der Waals surface area (Å²) >= 11 is 0. The van der Waals surface area contributed by atoms with Gasteiger partial charge in [-0.2, -0.15) is 0 Å². The van der Waals surface area contributed by atoms with Gasteiger partial charge in [0.25, 0.3) is 0 Å². The number of nitrogens with zero attached hydrogens (tertiary/aromatic N) is 1. The molecule has 4 heteroatoms. The van der Waals surface area contributed by atoms with Gasteiger partial charge in [0.1, 0.15) is 0 Å². The van der Waals surface area contributed by atoms with Crippen molar-refractivity contribution in [2.75, 3.05) is 13.1 Å². The van der Waals surface area contributed by atoms with Gasteiger partial charge in [0.05, 0.1) is 0 Å². The smallest absolute Gasteiger partial charge is 0.412 e. The van der Waals surface area contributed by atoms with Crippen molar-refractivity contribution in [3.8, 4) is 0 Å². The summed E-state index contributed by atoms with van der Waals surface area (Å²) in [5, 5.41) is 8.71. The van der Waals surface area contributed by atoms with Crippen LogP contribution in [0.25, 0.3) is 0 Å². The van der Waals surface area contributed by atoms with Crippen molar-refractivity contribution in [3.05, 3.63) is 0 Å². The molecule has 1 saturated heterocycles. The van der Waals surface area contributed by atoms with Gasteiger partial charge in [0.15, 0.2) is 6.29 Å². The van der Waals surface area contributed by atoms with E-state index < -0.39 is 12.4 Å². The molecule has 4 nitrogen and oxygen atoms in total. The van der Waals surface area contributed by atoms with Crippen LogP contribution < -0.4 is 0 Å². The topological polar surface area (TPSA) is 49.8 Å². The number of likely N-dealkylation sites (tertiary alicyclic amines) is 1. The molecular weight excluding hydrogens is 146 g/mol. The molecule has 0 spiro atoms. The third-order valence-corrected chi connectivity index (χ3v) is 1.64. The number of carbonyl (C=O) groups is 1. The third-order valence-electron chi connectivity index (χ3n) is 1.64. The van der Waals surface area contributed by atoms with Crippen molar-refractivity contribution in [3.63, 3.8) is 0 Å². The first-order valence-electron chi connectivity index (χ1n) is 3.84. The summed E-state index contributed by atoms with van der Waals surface area (Å²) in [6.45, 7) is 2.94. The Bertz CT molecular complexity index is 141. The quantitative estimate of drug-likeness (QED) is 0.568. The Morgan fingerprint density at radius 1 is 1.55 bits per heavy atom. The van der Waals surface area contributed by atoms with Gasteiger partial charge < -0.3 is 14.7 Å². The zero-order valence-corrected chi connectivity index (χ0v) is 6.62. The van der Waals surface area contributed by atoms with E-state index in [0.29, 0.717) is 0 Å². The Morgan fingerprint density at radius 3 is 2.55 bits per heavy atom. The molecule has 0 saturated carbocycles. The zero-order valence-electron chi connectivity index (χ0n) is 6.62. The molecule has 11 heavy (non-hydrogen) atoms. The summed E-state index contributed by atoms with van der Waals surface area (Å²) in [7, 11) is 0. The van der Waals surface area contributed by atoms with Crippen molar-refractivity contribution in [2.45, 2.75) is 26.1 Å². The molecule has 0 bridgehead atoms. The molecule has 1 N–H and O–H groups in total. The predicted molar refractivity (Wildman–Crippen MR) is 39.0 cm³/mol. The van der Waals surface area contributed by atoms with Crippen LogP contribution in [0.15, 0.2) is 0 Å². The van der Waals surface area contributed by atoms with E-state index in [4.69, 9.17) is 5.11 Å². The van der Waals surface area contributed by atoms with Gasteiger partial charge in [0, 0.05) is 13.1 Å². The van der Waals surface area contributed by atoms with E-state index in [1.807, 2.05) is 0 Å². The summed E-state index contributed by atoms with van der Waals surface area (Å²) in [5.74, 6) is 0. The Kier molecular flexibility index (Phi) is 2.70. The Hall–Kier alpha value is -0.770. The number of ether oxygens (including phenoxy) is 1. The van der Waals surface area contributed by atoms with Crippen LogP contribution in [0, 0.1) is 0 Å². The lowest BCUT2D eigenvalue weighted by atomic mass is 10.4. The number of rotatable bonds is 1. The van der Waals surface area contributed by atoms with Gasteiger partial charge in [-0.1, -0.05) is 0 Å². The van der Waals surface area contributed by atoms with Crippen LogP contribution in [0.5, 0.6) is 0 Å². The fourth-order valence-corrected chi connectivity index (χ4v) is 1.12. The van der Waals surface area contributed by atoms with Gasteiger partial charge in [-0.3, -0.25) is 0 Å². The van der Waals surface area contributed by atoms with Crippen LogP contribution in [-0.4, -0.2) is 35.5 Å². The summed E-state index contributed by atoms with van der Waals surface area (Å²) in [6, 6.07) is 0. The zero-order chi connectivity index (χ0) is 8.27. The average molecular weight is 159 g/mol. The number of hydrogen-bond acceptors (Lipinski definition) is 3. The van der Waals surface area contributed by atoms with Crippen LogP contribution in [0.1, 0.15) is 19.8 Å². The molecule has 0 aromatic heterocycles. The molecule has 1 aliphatic heterocycles. The number of carbonyl (C=O) groups excluding carboxylic acids is 1. The van der Waals surface area contributed by atoms with Gasteiger partial charge in [-0.15, -0.1) is 0 Å². The standard InChI is InChI=1S/C7H13NO3/c1-6(9)11-7(10)8-4-2-3-5-8/h6,9H,2-5H2,1H3/t6-/m0/s1. The lowest BCUT2D eigenvalue weighted by molar-refractivity contribution is -0.0487. The summed E-state index contributed by atoms with van der Waals surface area (Å²) in [5.41, 5.74) is 0. The second-order valence-electron chi connectivity index (χ2n) is 2.68. The molecule has 1 aliphatic rings. The maximum Gasteiger partial charge on any atom is 0.412 e. The molecule has 1 atom stereocenters. The van der Waals surface area contributed by atoms with E-state index >= 15 is 0 Å². The highest BCUT2D eigenvalue weighted by atomic mass is 16.6. The number of hydrogen-bond donors (Lipinski definition) is 1. The number of amides is 1. The minimum Gasteiger partial charge on any atom is -0.420 e. The van der Waals surface area contributed by atoms with Crippen molar-refractivity contribution in [1.29, 1.82) is 0 Å². The second kappa shape index (κ2) is 3.57. The van der Waals surface area contributed by atoms with Gasteiger partial charge in [0.2, 0.25) is 0 Å². The fraction of sp³-hybridized carbons (Fsp3) is 0.857. The molecule has 0 aromatic carbocycles. The van der Waals surface area contributed by atoms with Gasteiger partial charge >= 0.3 is 6.09 Å². The summed E-state index contributed by atoms with van der Waals surface area (Å²) < 4.78 is 4.58. The molecule has 0 radical (unpaired) electrons. The molecule has 1 fully saturated rings. The Labute approximate surface area is 65.8 Å². The predicted octanol–water partition coefficient (Wildman–Crippen LogP) is 0.557.